The van der Waals surface area contributed by atoms with Crippen molar-refractivity contribution in [1.82, 2.24) is 5.32 Å². The number of hydrogen-bond acceptors (Lipinski definition) is 4. The average Bonchev–Trinajstić information content (AvgIpc) is 3.46. The molecule has 1 fully saturated rings. The Morgan fingerprint density at radius 1 is 1.00 bits per heavy atom. The number of fused-ring (bicyclic) bond motifs is 1. The van der Waals surface area contributed by atoms with E-state index in [-0.39, 0.29) is 0 Å². The molecule has 2 aliphatic rings. The highest BCUT2D eigenvalue weighted by molar-refractivity contribution is 7.92. The van der Waals surface area contributed by atoms with Crippen LogP contribution in [0.1, 0.15) is 29.0 Å². The summed E-state index contributed by atoms with van der Waals surface area (Å²) in [6, 6.07) is 24.1. The van der Waals surface area contributed by atoms with E-state index in [1.807, 2.05) is 12.1 Å². The molecule has 5 nitrogen and oxygen atoms in total. The summed E-state index contributed by atoms with van der Waals surface area (Å²) >= 11 is 0. The van der Waals surface area contributed by atoms with Crippen molar-refractivity contribution in [2.75, 3.05) is 29.8 Å². The van der Waals surface area contributed by atoms with Gasteiger partial charge in [0, 0.05) is 44.8 Å². The van der Waals surface area contributed by atoms with E-state index in [9.17, 15) is 8.42 Å². The molecule has 1 aliphatic heterocycles. The van der Waals surface area contributed by atoms with Gasteiger partial charge in [0.15, 0.2) is 0 Å². The van der Waals surface area contributed by atoms with Gasteiger partial charge < -0.3 is 10.2 Å². The van der Waals surface area contributed by atoms with E-state index in [0.717, 1.165) is 30.6 Å². The maximum absolute atomic E-state index is 13.1. The number of hydrogen-bond donors (Lipinski definition) is 1. The van der Waals surface area contributed by atoms with Gasteiger partial charge in [-0.05, 0) is 59.9 Å². The predicted molar refractivity (Wildman–Crippen MR) is 130 cm³/mol. The molecule has 1 saturated carbocycles. The van der Waals surface area contributed by atoms with Gasteiger partial charge in [0.25, 0.3) is 10.0 Å². The largest absolute Gasteiger partial charge is 0.378 e. The summed E-state index contributed by atoms with van der Waals surface area (Å²) in [5.74, 6) is 0.501. The average molecular weight is 448 g/mol. The van der Waals surface area contributed by atoms with E-state index in [0.29, 0.717) is 23.4 Å². The molecule has 5 rings (SSSR count). The first-order valence-corrected chi connectivity index (χ1v) is 12.6. The highest BCUT2D eigenvalue weighted by atomic mass is 32.2. The van der Waals surface area contributed by atoms with Crippen LogP contribution in [0.2, 0.25) is 0 Å². The van der Waals surface area contributed by atoms with Crippen molar-refractivity contribution >= 4 is 21.4 Å². The highest BCUT2D eigenvalue weighted by Gasteiger charge is 2.39. The highest BCUT2D eigenvalue weighted by Crippen LogP contribution is 2.43. The van der Waals surface area contributed by atoms with Crippen molar-refractivity contribution in [1.29, 1.82) is 0 Å². The molecule has 32 heavy (non-hydrogen) atoms. The first-order valence-electron chi connectivity index (χ1n) is 11.1. The van der Waals surface area contributed by atoms with Gasteiger partial charge in [0.2, 0.25) is 0 Å². The van der Waals surface area contributed by atoms with Crippen LogP contribution < -0.4 is 14.5 Å². The lowest BCUT2D eigenvalue weighted by Gasteiger charge is -2.19. The van der Waals surface area contributed by atoms with Crippen LogP contribution in [0, 0.1) is 0 Å². The number of anilines is 2. The zero-order valence-corrected chi connectivity index (χ0v) is 19.3. The minimum Gasteiger partial charge on any atom is -0.378 e. The molecule has 3 aromatic carbocycles. The Kier molecular flexibility index (Phi) is 5.43. The van der Waals surface area contributed by atoms with Gasteiger partial charge in [-0.25, -0.2) is 8.42 Å². The van der Waals surface area contributed by atoms with Gasteiger partial charge >= 0.3 is 0 Å². The summed E-state index contributed by atoms with van der Waals surface area (Å²) in [6.07, 6.45) is 1.89. The molecule has 0 bridgehead atoms. The van der Waals surface area contributed by atoms with Crippen LogP contribution in [0.25, 0.3) is 0 Å². The summed E-state index contributed by atoms with van der Waals surface area (Å²) < 4.78 is 27.7. The molecular formula is C26H29N3O2S. The number of nitrogens with one attached hydrogen (secondary N) is 1. The molecule has 1 heterocycles. The fourth-order valence-corrected chi connectivity index (χ4v) is 6.07. The van der Waals surface area contributed by atoms with Crippen LogP contribution in [0.15, 0.2) is 77.7 Å². The van der Waals surface area contributed by atoms with Crippen molar-refractivity contribution in [3.63, 3.8) is 0 Å². The first-order chi connectivity index (χ1) is 15.4. The standard InChI is InChI=1S/C26H29N3O2S/c1-28(2)22-11-8-19(9-12-22)18-27-25-17-24(25)20-10-13-26-21(16-20)14-15-29(26)32(30,31)23-6-4-3-5-7-23/h3-13,16,24-25,27H,14-15,17-18H2,1-2H3. The Labute approximate surface area is 190 Å². The van der Waals surface area contributed by atoms with Gasteiger partial charge in [-0.2, -0.15) is 0 Å². The summed E-state index contributed by atoms with van der Waals surface area (Å²) in [5.41, 5.74) is 5.76. The zero-order valence-electron chi connectivity index (χ0n) is 18.5. The Bertz CT molecular complexity index is 1210. The van der Waals surface area contributed by atoms with Crippen molar-refractivity contribution < 1.29 is 8.42 Å². The lowest BCUT2D eigenvalue weighted by Crippen LogP contribution is -2.29. The first kappa shape index (κ1) is 21.0. The lowest BCUT2D eigenvalue weighted by atomic mass is 10.0. The van der Waals surface area contributed by atoms with Crippen LogP contribution in [0.3, 0.4) is 0 Å². The van der Waals surface area contributed by atoms with Crippen LogP contribution >= 0.6 is 0 Å². The third kappa shape index (κ3) is 4.00. The maximum atomic E-state index is 13.1. The molecule has 166 valence electrons. The van der Waals surface area contributed by atoms with E-state index in [1.54, 1.807) is 28.6 Å². The van der Waals surface area contributed by atoms with E-state index < -0.39 is 10.0 Å². The van der Waals surface area contributed by atoms with E-state index in [2.05, 4.69) is 60.7 Å². The summed E-state index contributed by atoms with van der Waals surface area (Å²) in [5, 5.41) is 3.67. The van der Waals surface area contributed by atoms with Crippen LogP contribution in [-0.4, -0.2) is 35.1 Å². The maximum Gasteiger partial charge on any atom is 0.264 e. The predicted octanol–water partition coefficient (Wildman–Crippen LogP) is 4.15. The monoisotopic (exact) mass is 447 g/mol. The fraction of sp³-hybridized carbons (Fsp3) is 0.308. The molecule has 1 aliphatic carbocycles. The molecule has 1 N–H and O–H groups in total. The Hall–Kier alpha value is -2.83. The van der Waals surface area contributed by atoms with Crippen molar-refractivity contribution in [3.8, 4) is 0 Å². The van der Waals surface area contributed by atoms with Crippen molar-refractivity contribution in [2.45, 2.75) is 36.2 Å². The zero-order chi connectivity index (χ0) is 22.3. The minimum atomic E-state index is -3.51. The van der Waals surface area contributed by atoms with E-state index >= 15 is 0 Å². The topological polar surface area (TPSA) is 52.6 Å². The van der Waals surface area contributed by atoms with Gasteiger partial charge in [0.05, 0.1) is 10.6 Å². The number of nitrogens with zero attached hydrogens (tertiary/aromatic N) is 2. The smallest absolute Gasteiger partial charge is 0.264 e. The summed E-state index contributed by atoms with van der Waals surface area (Å²) in [7, 11) is 0.591. The molecule has 2 unspecified atom stereocenters. The van der Waals surface area contributed by atoms with Gasteiger partial charge in [-0.3, -0.25) is 4.31 Å². The van der Waals surface area contributed by atoms with E-state index in [4.69, 9.17) is 0 Å². The van der Waals surface area contributed by atoms with Gasteiger partial charge in [-0.1, -0.05) is 42.5 Å². The normalized spacial score (nSPS) is 19.6. The molecular weight excluding hydrogens is 418 g/mol. The Morgan fingerprint density at radius 2 is 1.75 bits per heavy atom. The number of sulfonamides is 1. The fourth-order valence-electron chi connectivity index (χ4n) is 4.54. The van der Waals surface area contributed by atoms with Crippen LogP contribution in [0.5, 0.6) is 0 Å². The summed E-state index contributed by atoms with van der Waals surface area (Å²) in [6.45, 7) is 1.37. The summed E-state index contributed by atoms with van der Waals surface area (Å²) in [4.78, 5) is 2.45. The third-order valence-electron chi connectivity index (χ3n) is 6.53. The lowest BCUT2D eigenvalue weighted by molar-refractivity contribution is 0.592. The van der Waals surface area contributed by atoms with Crippen LogP contribution in [-0.2, 0) is 23.0 Å². The molecule has 0 spiro atoms. The second-order valence-electron chi connectivity index (χ2n) is 8.92. The van der Waals surface area contributed by atoms with E-state index in [1.165, 1.54) is 16.8 Å². The van der Waals surface area contributed by atoms with Gasteiger partial charge in [0.1, 0.15) is 0 Å². The molecule has 0 amide bonds. The molecule has 3 aromatic rings. The van der Waals surface area contributed by atoms with Gasteiger partial charge in [-0.15, -0.1) is 0 Å². The molecule has 2 atom stereocenters. The molecule has 0 radical (unpaired) electrons. The van der Waals surface area contributed by atoms with Crippen LogP contribution in [0.4, 0.5) is 11.4 Å². The Balaban J connectivity index is 1.24. The molecule has 0 aromatic heterocycles. The molecule has 0 saturated heterocycles. The second-order valence-corrected chi connectivity index (χ2v) is 10.8. The second kappa shape index (κ2) is 8.26. The third-order valence-corrected chi connectivity index (χ3v) is 8.35. The number of benzene rings is 3. The minimum absolute atomic E-state index is 0.349. The van der Waals surface area contributed by atoms with Crippen molar-refractivity contribution in [3.05, 3.63) is 89.5 Å². The Morgan fingerprint density at radius 3 is 2.47 bits per heavy atom. The molecule has 6 heteroatoms. The number of rotatable bonds is 7. The van der Waals surface area contributed by atoms with Crippen molar-refractivity contribution in [2.24, 2.45) is 0 Å². The SMILES string of the molecule is CN(C)c1ccc(CNC2CC2c2ccc3c(c2)CCN3S(=O)(=O)c2ccccc2)cc1. The quantitative estimate of drug-likeness (QED) is 0.591.